The summed E-state index contributed by atoms with van der Waals surface area (Å²) in [4.78, 5) is 12.0. The number of carbonyl (C=O) groups is 1. The Morgan fingerprint density at radius 2 is 2.28 bits per heavy atom. The second-order valence-corrected chi connectivity index (χ2v) is 4.44. The zero-order valence-corrected chi connectivity index (χ0v) is 11.3. The summed E-state index contributed by atoms with van der Waals surface area (Å²) in [6.07, 6.45) is 3.19. The number of methoxy groups -OCH3 is 1. The predicted octanol–water partition coefficient (Wildman–Crippen LogP) is 2.49. The van der Waals surface area contributed by atoms with Gasteiger partial charge in [0.05, 0.1) is 13.7 Å². The van der Waals surface area contributed by atoms with Gasteiger partial charge in [0.15, 0.2) is 0 Å². The van der Waals surface area contributed by atoms with Gasteiger partial charge in [0.1, 0.15) is 5.75 Å². The van der Waals surface area contributed by atoms with Gasteiger partial charge in [0, 0.05) is 28.5 Å². The van der Waals surface area contributed by atoms with Crippen molar-refractivity contribution >= 4 is 23.4 Å². The van der Waals surface area contributed by atoms with Crippen LogP contribution in [0.4, 0.5) is 5.69 Å². The summed E-state index contributed by atoms with van der Waals surface area (Å²) < 4.78 is 10.0. The maximum absolute atomic E-state index is 11.1. The average molecular weight is 267 g/mol. The molecule has 0 atom stereocenters. The molecule has 2 N–H and O–H groups in total. The van der Waals surface area contributed by atoms with Crippen LogP contribution >= 0.6 is 11.8 Å². The molecule has 0 bridgehead atoms. The molecule has 1 aromatic carbocycles. The smallest absolute Gasteiger partial charge is 0.330 e. The largest absolute Gasteiger partial charge is 0.496 e. The minimum atomic E-state index is -0.317. The Hall–Kier alpha value is -1.62. The van der Waals surface area contributed by atoms with Gasteiger partial charge in [-0.05, 0) is 19.1 Å². The van der Waals surface area contributed by atoms with E-state index in [2.05, 4.69) is 0 Å². The van der Waals surface area contributed by atoms with Crippen LogP contribution in [0, 0.1) is 0 Å². The first-order chi connectivity index (χ1) is 8.67. The van der Waals surface area contributed by atoms with E-state index in [9.17, 15) is 4.79 Å². The summed E-state index contributed by atoms with van der Waals surface area (Å²) in [6, 6.07) is 5.49. The standard InChI is InChI=1S/C13H17NO3S/c1-3-17-13(15)5-4-8-18-12-7-6-10(14)9-11(12)16-2/h4-7,9H,3,8,14H2,1-2H3/b5-4+. The van der Waals surface area contributed by atoms with E-state index < -0.39 is 0 Å². The van der Waals surface area contributed by atoms with Crippen molar-refractivity contribution in [2.75, 3.05) is 25.2 Å². The summed E-state index contributed by atoms with van der Waals surface area (Å²) in [5.41, 5.74) is 6.33. The molecule has 0 fully saturated rings. The van der Waals surface area contributed by atoms with Gasteiger partial charge in [-0.25, -0.2) is 4.79 Å². The highest BCUT2D eigenvalue weighted by molar-refractivity contribution is 7.99. The quantitative estimate of drug-likeness (QED) is 0.371. The SMILES string of the molecule is CCOC(=O)/C=C/CSc1ccc(N)cc1OC. The number of hydrogen-bond acceptors (Lipinski definition) is 5. The van der Waals surface area contributed by atoms with Gasteiger partial charge in [0.25, 0.3) is 0 Å². The van der Waals surface area contributed by atoms with Gasteiger partial charge < -0.3 is 15.2 Å². The highest BCUT2D eigenvalue weighted by atomic mass is 32.2. The minimum Gasteiger partial charge on any atom is -0.496 e. The first kappa shape index (κ1) is 14.4. The van der Waals surface area contributed by atoms with Crippen molar-refractivity contribution < 1.29 is 14.3 Å². The van der Waals surface area contributed by atoms with E-state index in [1.807, 2.05) is 12.1 Å². The number of benzene rings is 1. The lowest BCUT2D eigenvalue weighted by atomic mass is 10.3. The van der Waals surface area contributed by atoms with Crippen LogP contribution < -0.4 is 10.5 Å². The third-order valence-electron chi connectivity index (χ3n) is 2.06. The summed E-state index contributed by atoms with van der Waals surface area (Å²) >= 11 is 1.57. The van der Waals surface area contributed by atoms with Gasteiger partial charge in [-0.1, -0.05) is 6.08 Å². The molecule has 0 unspecified atom stereocenters. The van der Waals surface area contributed by atoms with Crippen molar-refractivity contribution in [3.05, 3.63) is 30.4 Å². The molecule has 1 rings (SSSR count). The van der Waals surface area contributed by atoms with E-state index in [4.69, 9.17) is 15.2 Å². The fourth-order valence-electron chi connectivity index (χ4n) is 1.28. The number of thioether (sulfide) groups is 1. The van der Waals surface area contributed by atoms with E-state index in [1.165, 1.54) is 6.08 Å². The Kier molecular flexibility index (Phi) is 6.14. The molecule has 5 heteroatoms. The molecule has 4 nitrogen and oxygen atoms in total. The van der Waals surface area contributed by atoms with Gasteiger partial charge in [0.2, 0.25) is 0 Å². The van der Waals surface area contributed by atoms with Gasteiger partial charge in [-0.3, -0.25) is 0 Å². The Labute approximate surface area is 111 Å². The van der Waals surface area contributed by atoms with Crippen LogP contribution in [-0.4, -0.2) is 25.4 Å². The van der Waals surface area contributed by atoms with Crippen LogP contribution in [0.1, 0.15) is 6.92 Å². The maximum atomic E-state index is 11.1. The fourth-order valence-corrected chi connectivity index (χ4v) is 2.10. The number of hydrogen-bond donors (Lipinski definition) is 1. The second-order valence-electron chi connectivity index (χ2n) is 3.38. The number of esters is 1. The molecule has 18 heavy (non-hydrogen) atoms. The first-order valence-electron chi connectivity index (χ1n) is 5.57. The molecular weight excluding hydrogens is 250 g/mol. The first-order valence-corrected chi connectivity index (χ1v) is 6.55. The number of rotatable bonds is 6. The van der Waals surface area contributed by atoms with Crippen LogP contribution in [0.15, 0.2) is 35.2 Å². The zero-order valence-electron chi connectivity index (χ0n) is 10.5. The van der Waals surface area contributed by atoms with Crippen molar-refractivity contribution in [3.8, 4) is 5.75 Å². The molecule has 0 saturated carbocycles. The molecule has 0 radical (unpaired) electrons. The molecule has 0 heterocycles. The molecule has 1 aromatic rings. The lowest BCUT2D eigenvalue weighted by Crippen LogP contribution is -1.98. The van der Waals surface area contributed by atoms with E-state index in [0.29, 0.717) is 18.0 Å². The highest BCUT2D eigenvalue weighted by Gasteiger charge is 2.03. The normalized spacial score (nSPS) is 10.6. The lowest BCUT2D eigenvalue weighted by Gasteiger charge is -2.07. The van der Waals surface area contributed by atoms with Gasteiger partial charge in [-0.2, -0.15) is 0 Å². The number of nitrogens with two attached hydrogens (primary N) is 1. The van der Waals surface area contributed by atoms with Gasteiger partial charge in [-0.15, -0.1) is 11.8 Å². The van der Waals surface area contributed by atoms with E-state index in [-0.39, 0.29) is 5.97 Å². The number of nitrogen functional groups attached to an aromatic ring is 1. The van der Waals surface area contributed by atoms with Crippen LogP contribution in [0.2, 0.25) is 0 Å². The van der Waals surface area contributed by atoms with Crippen molar-refractivity contribution in [1.82, 2.24) is 0 Å². The van der Waals surface area contributed by atoms with Crippen LogP contribution in [-0.2, 0) is 9.53 Å². The highest BCUT2D eigenvalue weighted by Crippen LogP contribution is 2.30. The third kappa shape index (κ3) is 4.71. The molecule has 0 aliphatic heterocycles. The van der Waals surface area contributed by atoms with Gasteiger partial charge >= 0.3 is 5.97 Å². The van der Waals surface area contributed by atoms with Crippen LogP contribution in [0.3, 0.4) is 0 Å². The second kappa shape index (κ2) is 7.66. The Morgan fingerprint density at radius 3 is 2.94 bits per heavy atom. The monoisotopic (exact) mass is 267 g/mol. The summed E-state index contributed by atoms with van der Waals surface area (Å²) in [5.74, 6) is 1.09. The van der Waals surface area contributed by atoms with Crippen molar-refractivity contribution in [2.24, 2.45) is 0 Å². The average Bonchev–Trinajstić information content (AvgIpc) is 2.36. The van der Waals surface area contributed by atoms with Crippen molar-refractivity contribution in [1.29, 1.82) is 0 Å². The molecule has 0 saturated heterocycles. The fraction of sp³-hybridized carbons (Fsp3) is 0.308. The summed E-state index contributed by atoms with van der Waals surface area (Å²) in [5, 5.41) is 0. The number of carbonyl (C=O) groups excluding carboxylic acids is 1. The molecule has 0 spiro atoms. The lowest BCUT2D eigenvalue weighted by molar-refractivity contribution is -0.137. The molecule has 98 valence electrons. The Morgan fingerprint density at radius 1 is 1.50 bits per heavy atom. The molecule has 0 aliphatic rings. The molecule has 0 aromatic heterocycles. The molecule has 0 amide bonds. The van der Waals surface area contributed by atoms with Crippen molar-refractivity contribution in [3.63, 3.8) is 0 Å². The molecular formula is C13H17NO3S. The maximum Gasteiger partial charge on any atom is 0.330 e. The number of anilines is 1. The summed E-state index contributed by atoms with van der Waals surface area (Å²) in [6.45, 7) is 2.17. The van der Waals surface area contributed by atoms with Crippen molar-refractivity contribution in [2.45, 2.75) is 11.8 Å². The number of ether oxygens (including phenoxy) is 2. The minimum absolute atomic E-state index is 0.317. The predicted molar refractivity (Wildman–Crippen MR) is 73.9 cm³/mol. The topological polar surface area (TPSA) is 61.5 Å². The van der Waals surface area contributed by atoms with E-state index in [0.717, 1.165) is 10.6 Å². The van der Waals surface area contributed by atoms with Crippen LogP contribution in [0.25, 0.3) is 0 Å². The molecule has 0 aliphatic carbocycles. The Bertz CT molecular complexity index is 432. The van der Waals surface area contributed by atoms with Crippen LogP contribution in [0.5, 0.6) is 5.75 Å². The zero-order chi connectivity index (χ0) is 13.4. The van der Waals surface area contributed by atoms with E-state index >= 15 is 0 Å². The van der Waals surface area contributed by atoms with E-state index in [1.54, 1.807) is 37.9 Å². The Balaban J connectivity index is 2.51. The summed E-state index contributed by atoms with van der Waals surface area (Å²) in [7, 11) is 1.60. The third-order valence-corrected chi connectivity index (χ3v) is 3.07.